The number of nitrogens with zero attached hydrogens (tertiary/aromatic N) is 4. The van der Waals surface area contributed by atoms with E-state index in [0.29, 0.717) is 33.2 Å². The lowest BCUT2D eigenvalue weighted by atomic mass is 10.4. The summed E-state index contributed by atoms with van der Waals surface area (Å²) < 4.78 is 6.97. The van der Waals surface area contributed by atoms with Crippen molar-refractivity contribution in [1.29, 1.82) is 0 Å². The molecule has 9 heteroatoms. The van der Waals surface area contributed by atoms with Crippen molar-refractivity contribution in [2.24, 2.45) is 0 Å². The van der Waals surface area contributed by atoms with Gasteiger partial charge in [0.15, 0.2) is 0 Å². The van der Waals surface area contributed by atoms with Gasteiger partial charge in [0, 0.05) is 24.2 Å². The van der Waals surface area contributed by atoms with Crippen molar-refractivity contribution in [3.8, 4) is 11.6 Å². The van der Waals surface area contributed by atoms with Crippen LogP contribution in [0.3, 0.4) is 0 Å². The molecule has 0 aliphatic rings. The molecule has 0 atom stereocenters. The predicted octanol–water partition coefficient (Wildman–Crippen LogP) is 3.02. The second kappa shape index (κ2) is 6.14. The number of aromatic amines is 1. The van der Waals surface area contributed by atoms with E-state index >= 15 is 0 Å². The lowest BCUT2D eigenvalue weighted by Gasteiger charge is -2.03. The van der Waals surface area contributed by atoms with Gasteiger partial charge in [0.1, 0.15) is 11.3 Å². The minimum atomic E-state index is -0.185. The molecule has 4 rings (SSSR count). The molecule has 1 N–H and O–H groups in total. The molecule has 0 radical (unpaired) electrons. The first kappa shape index (κ1) is 15.0. The van der Waals surface area contributed by atoms with Crippen molar-refractivity contribution >= 4 is 29.0 Å². The quantitative estimate of drug-likeness (QED) is 0.563. The Hall–Kier alpha value is -2.58. The number of pyridine rings is 1. The van der Waals surface area contributed by atoms with Gasteiger partial charge in [-0.25, -0.2) is 4.98 Å². The normalized spacial score (nSPS) is 11.2. The Kier molecular flexibility index (Phi) is 3.83. The maximum Gasteiger partial charge on any atom is 0.277 e. The molecule has 0 amide bonds. The average Bonchev–Trinajstić information content (AvgIpc) is 3.25. The second-order valence-corrected chi connectivity index (χ2v) is 6.27. The second-order valence-electron chi connectivity index (χ2n) is 4.91. The monoisotopic (exact) mass is 359 g/mol. The molecule has 0 aromatic carbocycles. The topological polar surface area (TPSA) is 89.1 Å². The van der Waals surface area contributed by atoms with Crippen LogP contribution in [0.15, 0.2) is 57.2 Å². The first-order valence-electron chi connectivity index (χ1n) is 6.97. The summed E-state index contributed by atoms with van der Waals surface area (Å²) in [4.78, 5) is 19.6. The Labute approximate surface area is 144 Å². The molecule has 0 spiro atoms. The van der Waals surface area contributed by atoms with Crippen LogP contribution in [-0.2, 0) is 5.75 Å². The van der Waals surface area contributed by atoms with E-state index in [0.717, 1.165) is 5.69 Å². The van der Waals surface area contributed by atoms with Gasteiger partial charge < -0.3 is 9.40 Å². The fourth-order valence-corrected chi connectivity index (χ4v) is 2.99. The predicted molar refractivity (Wildman–Crippen MR) is 90.1 cm³/mol. The Morgan fingerprint density at radius 3 is 3.04 bits per heavy atom. The molecule has 4 aromatic heterocycles. The third kappa shape index (κ3) is 2.93. The smallest absolute Gasteiger partial charge is 0.277 e. The summed E-state index contributed by atoms with van der Waals surface area (Å²) in [6, 6.07) is 8.57. The van der Waals surface area contributed by atoms with Gasteiger partial charge in [0.05, 0.1) is 10.7 Å². The minimum absolute atomic E-state index is 0.185. The Balaban J connectivity index is 1.55. The van der Waals surface area contributed by atoms with Gasteiger partial charge in [0.2, 0.25) is 0 Å². The highest BCUT2D eigenvalue weighted by molar-refractivity contribution is 7.98. The number of H-pyrrole nitrogens is 1. The number of aromatic nitrogens is 5. The Morgan fingerprint density at radius 2 is 2.21 bits per heavy atom. The zero-order valence-electron chi connectivity index (χ0n) is 12.1. The summed E-state index contributed by atoms with van der Waals surface area (Å²) in [7, 11) is 0. The number of thioether (sulfide) groups is 1. The zero-order valence-corrected chi connectivity index (χ0v) is 13.7. The van der Waals surface area contributed by atoms with Gasteiger partial charge in [-0.1, -0.05) is 23.4 Å². The van der Waals surface area contributed by atoms with E-state index in [9.17, 15) is 4.79 Å². The highest BCUT2D eigenvalue weighted by atomic mass is 35.5. The number of hydrogen-bond donors (Lipinski definition) is 1. The van der Waals surface area contributed by atoms with E-state index < -0.39 is 0 Å². The Bertz CT molecular complexity index is 1060. The third-order valence-corrected chi connectivity index (χ3v) is 4.33. The number of halogens is 1. The summed E-state index contributed by atoms with van der Waals surface area (Å²) in [6.07, 6.45) is 3.33. The van der Waals surface area contributed by atoms with Crippen LogP contribution in [0.2, 0.25) is 5.02 Å². The van der Waals surface area contributed by atoms with Crippen LogP contribution in [0, 0.1) is 0 Å². The molecule has 24 heavy (non-hydrogen) atoms. The van der Waals surface area contributed by atoms with Gasteiger partial charge in [-0.2, -0.15) is 0 Å². The van der Waals surface area contributed by atoms with Crippen LogP contribution < -0.4 is 5.56 Å². The maximum absolute atomic E-state index is 12.1. The van der Waals surface area contributed by atoms with Crippen LogP contribution in [0.25, 0.3) is 17.2 Å². The summed E-state index contributed by atoms with van der Waals surface area (Å²) >= 11 is 7.22. The summed E-state index contributed by atoms with van der Waals surface area (Å²) in [6.45, 7) is 0. The van der Waals surface area contributed by atoms with Crippen LogP contribution in [-0.4, -0.2) is 24.6 Å². The van der Waals surface area contributed by atoms with Gasteiger partial charge in [0.25, 0.3) is 16.7 Å². The van der Waals surface area contributed by atoms with E-state index in [1.54, 1.807) is 24.5 Å². The average molecular weight is 360 g/mol. The van der Waals surface area contributed by atoms with Crippen molar-refractivity contribution in [2.75, 3.05) is 0 Å². The summed E-state index contributed by atoms with van der Waals surface area (Å²) in [5.74, 6) is 0.865. The summed E-state index contributed by atoms with van der Waals surface area (Å²) in [5, 5.41) is 8.86. The Morgan fingerprint density at radius 1 is 1.29 bits per heavy atom. The standard InChI is InChI=1S/C15H10ClN5O2S/c16-9-3-4-12-18-10(6-13(22)21(12)7-9)8-24-15-20-19-14(23-15)11-2-1-5-17-11/h1-7,17H,8H2. The lowest BCUT2D eigenvalue weighted by molar-refractivity contribution is 0.464. The zero-order chi connectivity index (χ0) is 16.5. The molecule has 0 aliphatic heterocycles. The van der Waals surface area contributed by atoms with Crippen molar-refractivity contribution in [3.05, 3.63) is 63.8 Å². The summed E-state index contributed by atoms with van der Waals surface area (Å²) in [5.41, 5.74) is 1.75. The highest BCUT2D eigenvalue weighted by Gasteiger charge is 2.11. The van der Waals surface area contributed by atoms with E-state index in [1.807, 2.05) is 12.1 Å². The van der Waals surface area contributed by atoms with Gasteiger partial charge in [-0.15, -0.1) is 10.2 Å². The molecule has 0 aliphatic carbocycles. The number of nitrogens with one attached hydrogen (secondary N) is 1. The molecule has 4 aromatic rings. The molecule has 0 unspecified atom stereocenters. The maximum atomic E-state index is 12.1. The number of hydrogen-bond acceptors (Lipinski definition) is 6. The van der Waals surface area contributed by atoms with Crippen molar-refractivity contribution < 1.29 is 4.42 Å². The molecular formula is C15H10ClN5O2S. The molecule has 7 nitrogen and oxygen atoms in total. The molecule has 4 heterocycles. The van der Waals surface area contributed by atoms with Gasteiger partial charge in [-0.05, 0) is 24.3 Å². The number of rotatable bonds is 4. The van der Waals surface area contributed by atoms with E-state index in [-0.39, 0.29) is 5.56 Å². The van der Waals surface area contributed by atoms with Gasteiger partial charge >= 0.3 is 0 Å². The molecule has 0 saturated heterocycles. The van der Waals surface area contributed by atoms with Crippen LogP contribution in [0.1, 0.15) is 5.69 Å². The van der Waals surface area contributed by atoms with Crippen molar-refractivity contribution in [2.45, 2.75) is 11.0 Å². The van der Waals surface area contributed by atoms with Gasteiger partial charge in [-0.3, -0.25) is 9.20 Å². The minimum Gasteiger partial charge on any atom is -0.410 e. The van der Waals surface area contributed by atoms with Crippen LogP contribution >= 0.6 is 23.4 Å². The molecular weight excluding hydrogens is 350 g/mol. The molecule has 0 fully saturated rings. The SMILES string of the molecule is O=c1cc(CSc2nnc(-c3ccc[nH]3)o2)nc2ccc(Cl)cn12. The lowest BCUT2D eigenvalue weighted by Crippen LogP contribution is -2.15. The van der Waals surface area contributed by atoms with E-state index in [4.69, 9.17) is 16.0 Å². The van der Waals surface area contributed by atoms with Crippen molar-refractivity contribution in [1.82, 2.24) is 24.6 Å². The first-order valence-corrected chi connectivity index (χ1v) is 8.33. The molecule has 120 valence electrons. The largest absolute Gasteiger partial charge is 0.410 e. The number of fused-ring (bicyclic) bond motifs is 1. The van der Waals surface area contributed by atoms with Crippen LogP contribution in [0.4, 0.5) is 0 Å². The third-order valence-electron chi connectivity index (χ3n) is 3.25. The van der Waals surface area contributed by atoms with Crippen molar-refractivity contribution in [3.63, 3.8) is 0 Å². The fraction of sp³-hybridized carbons (Fsp3) is 0.0667. The van der Waals surface area contributed by atoms with E-state index in [1.165, 1.54) is 22.2 Å². The molecule has 0 bridgehead atoms. The van der Waals surface area contributed by atoms with Crippen LogP contribution in [0.5, 0.6) is 0 Å². The molecule has 0 saturated carbocycles. The fourth-order valence-electron chi connectivity index (χ4n) is 2.18. The highest BCUT2D eigenvalue weighted by Crippen LogP contribution is 2.24. The first-order chi connectivity index (χ1) is 11.7. The van der Waals surface area contributed by atoms with E-state index in [2.05, 4.69) is 20.2 Å².